The lowest BCUT2D eigenvalue weighted by Gasteiger charge is -2.61. The first-order valence-corrected chi connectivity index (χ1v) is 11.5. The maximum Gasteiger partial charge on any atom is -0.0190 e. The molecule has 0 aliphatic heterocycles. The monoisotopic (exact) mass is 332 g/mol. The van der Waals surface area contributed by atoms with Crippen molar-refractivity contribution in [2.75, 3.05) is 0 Å². The molecule has 0 radical (unpaired) electrons. The highest BCUT2D eigenvalue weighted by atomic mass is 14.6. The summed E-state index contributed by atoms with van der Waals surface area (Å²) in [6.45, 7) is 10.7. The Morgan fingerprint density at radius 2 is 1.00 bits per heavy atom. The summed E-state index contributed by atoms with van der Waals surface area (Å²) in [6, 6.07) is 0. The standard InChI is InChI=1S/C24H44/c1-19(21-13-7-5-8-14-21)24(18-12-11-17-23(24,3)4)20(2)22-15-9-6-10-16-22/h19-22H,5-18H2,1-4H3. The van der Waals surface area contributed by atoms with Gasteiger partial charge in [-0.05, 0) is 47.3 Å². The molecule has 3 saturated carbocycles. The number of rotatable bonds is 4. The molecule has 3 rings (SSSR count). The van der Waals surface area contributed by atoms with Crippen LogP contribution in [0.1, 0.15) is 118 Å². The largest absolute Gasteiger partial charge is 0.0617 e. The molecule has 0 N–H and O–H groups in total. The van der Waals surface area contributed by atoms with Gasteiger partial charge in [0.25, 0.3) is 0 Å². The molecule has 0 aromatic heterocycles. The van der Waals surface area contributed by atoms with Gasteiger partial charge >= 0.3 is 0 Å². The summed E-state index contributed by atoms with van der Waals surface area (Å²) >= 11 is 0. The highest BCUT2D eigenvalue weighted by Crippen LogP contribution is 2.63. The first-order valence-electron chi connectivity index (χ1n) is 11.5. The van der Waals surface area contributed by atoms with Crippen LogP contribution in [0.5, 0.6) is 0 Å². The van der Waals surface area contributed by atoms with Crippen LogP contribution in [0.15, 0.2) is 0 Å². The van der Waals surface area contributed by atoms with Crippen LogP contribution in [0.2, 0.25) is 0 Å². The molecule has 2 atom stereocenters. The fraction of sp³-hybridized carbons (Fsp3) is 1.00. The topological polar surface area (TPSA) is 0 Å². The summed E-state index contributed by atoms with van der Waals surface area (Å²) in [5.74, 6) is 3.90. The quantitative estimate of drug-likeness (QED) is 0.489. The van der Waals surface area contributed by atoms with Crippen molar-refractivity contribution in [3.63, 3.8) is 0 Å². The molecule has 0 aromatic carbocycles. The Morgan fingerprint density at radius 1 is 0.583 bits per heavy atom. The van der Waals surface area contributed by atoms with E-state index in [9.17, 15) is 0 Å². The summed E-state index contributed by atoms with van der Waals surface area (Å²) in [4.78, 5) is 0. The van der Waals surface area contributed by atoms with E-state index in [1.807, 2.05) is 0 Å². The van der Waals surface area contributed by atoms with Crippen LogP contribution >= 0.6 is 0 Å². The van der Waals surface area contributed by atoms with Crippen molar-refractivity contribution in [1.29, 1.82) is 0 Å². The average Bonchev–Trinajstić information content (AvgIpc) is 2.62. The Labute approximate surface area is 152 Å². The van der Waals surface area contributed by atoms with Gasteiger partial charge in [0, 0.05) is 0 Å². The minimum Gasteiger partial charge on any atom is -0.0617 e. The number of hydrogen-bond donors (Lipinski definition) is 0. The van der Waals surface area contributed by atoms with E-state index < -0.39 is 0 Å². The van der Waals surface area contributed by atoms with E-state index in [0.717, 1.165) is 23.7 Å². The van der Waals surface area contributed by atoms with Crippen LogP contribution < -0.4 is 0 Å². The van der Waals surface area contributed by atoms with Crippen LogP contribution in [-0.4, -0.2) is 0 Å². The van der Waals surface area contributed by atoms with Gasteiger partial charge in [-0.15, -0.1) is 0 Å². The second-order valence-corrected chi connectivity index (χ2v) is 10.5. The zero-order valence-electron chi connectivity index (χ0n) is 17.2. The predicted molar refractivity (Wildman–Crippen MR) is 106 cm³/mol. The van der Waals surface area contributed by atoms with Crippen LogP contribution in [-0.2, 0) is 0 Å². The van der Waals surface area contributed by atoms with E-state index >= 15 is 0 Å². The fourth-order valence-corrected chi connectivity index (χ4v) is 7.77. The van der Waals surface area contributed by atoms with Crippen LogP contribution in [0, 0.1) is 34.5 Å². The molecule has 3 aliphatic rings. The lowest BCUT2D eigenvalue weighted by molar-refractivity contribution is -0.122. The third-order valence-electron chi connectivity index (χ3n) is 9.24. The van der Waals surface area contributed by atoms with E-state index in [-0.39, 0.29) is 0 Å². The number of hydrogen-bond acceptors (Lipinski definition) is 0. The molecule has 0 heterocycles. The Hall–Kier alpha value is 0. The lowest BCUT2D eigenvalue weighted by atomic mass is 9.44. The van der Waals surface area contributed by atoms with Crippen molar-refractivity contribution in [1.82, 2.24) is 0 Å². The Balaban J connectivity index is 1.90. The molecule has 3 fully saturated rings. The Morgan fingerprint density at radius 3 is 1.42 bits per heavy atom. The zero-order valence-corrected chi connectivity index (χ0v) is 17.2. The minimum absolute atomic E-state index is 0.541. The van der Waals surface area contributed by atoms with Gasteiger partial charge in [-0.3, -0.25) is 0 Å². The SMILES string of the molecule is CC(C1CCCCC1)C1(C(C)C2CCCCC2)CCCCC1(C)C. The van der Waals surface area contributed by atoms with Gasteiger partial charge in [0.2, 0.25) is 0 Å². The van der Waals surface area contributed by atoms with E-state index in [2.05, 4.69) is 27.7 Å². The van der Waals surface area contributed by atoms with Crippen LogP contribution in [0.25, 0.3) is 0 Å². The average molecular weight is 333 g/mol. The molecule has 0 heteroatoms. The van der Waals surface area contributed by atoms with Crippen molar-refractivity contribution in [2.24, 2.45) is 34.5 Å². The maximum absolute atomic E-state index is 2.70. The van der Waals surface area contributed by atoms with Gasteiger partial charge < -0.3 is 0 Å². The molecule has 0 nitrogen and oxygen atoms in total. The minimum atomic E-state index is 0.541. The Kier molecular flexibility index (Phi) is 6.03. The molecule has 0 aromatic rings. The molecule has 3 aliphatic carbocycles. The first kappa shape index (κ1) is 18.8. The van der Waals surface area contributed by atoms with Crippen LogP contribution in [0.3, 0.4) is 0 Å². The summed E-state index contributed by atoms with van der Waals surface area (Å²) in [5.41, 5.74) is 1.15. The molecular formula is C24H44. The summed E-state index contributed by atoms with van der Waals surface area (Å²) in [5, 5.41) is 0. The van der Waals surface area contributed by atoms with Crippen molar-refractivity contribution in [2.45, 2.75) is 118 Å². The lowest BCUT2D eigenvalue weighted by Crippen LogP contribution is -2.53. The predicted octanol–water partition coefficient (Wildman–Crippen LogP) is 8.01. The van der Waals surface area contributed by atoms with Gasteiger partial charge in [0.1, 0.15) is 0 Å². The molecule has 24 heavy (non-hydrogen) atoms. The second-order valence-electron chi connectivity index (χ2n) is 10.5. The van der Waals surface area contributed by atoms with E-state index in [1.165, 1.54) is 89.9 Å². The van der Waals surface area contributed by atoms with E-state index in [1.54, 1.807) is 0 Å². The third-order valence-corrected chi connectivity index (χ3v) is 9.24. The molecule has 0 amide bonds. The molecule has 2 unspecified atom stereocenters. The molecule has 0 saturated heterocycles. The normalized spacial score (nSPS) is 35.5. The molecule has 0 bridgehead atoms. The van der Waals surface area contributed by atoms with Gasteiger partial charge in [0.05, 0.1) is 0 Å². The summed E-state index contributed by atoms with van der Waals surface area (Å²) in [7, 11) is 0. The maximum atomic E-state index is 2.70. The first-order chi connectivity index (χ1) is 11.5. The third kappa shape index (κ3) is 3.33. The van der Waals surface area contributed by atoms with Gasteiger partial charge in [-0.25, -0.2) is 0 Å². The van der Waals surface area contributed by atoms with Gasteiger partial charge in [0.15, 0.2) is 0 Å². The fourth-order valence-electron chi connectivity index (χ4n) is 7.77. The smallest absolute Gasteiger partial charge is 0.0190 e. The summed E-state index contributed by atoms with van der Waals surface area (Å²) in [6.07, 6.45) is 21.1. The van der Waals surface area contributed by atoms with Crippen molar-refractivity contribution >= 4 is 0 Å². The highest BCUT2D eigenvalue weighted by Gasteiger charge is 2.55. The van der Waals surface area contributed by atoms with Crippen molar-refractivity contribution < 1.29 is 0 Å². The molecule has 0 spiro atoms. The van der Waals surface area contributed by atoms with Gasteiger partial charge in [-0.2, -0.15) is 0 Å². The van der Waals surface area contributed by atoms with Crippen molar-refractivity contribution in [3.8, 4) is 0 Å². The zero-order chi connectivity index (χ0) is 17.2. The van der Waals surface area contributed by atoms with Gasteiger partial charge in [-0.1, -0.05) is 105 Å². The summed E-state index contributed by atoms with van der Waals surface area (Å²) < 4.78 is 0. The molecular weight excluding hydrogens is 288 g/mol. The van der Waals surface area contributed by atoms with Crippen molar-refractivity contribution in [3.05, 3.63) is 0 Å². The van der Waals surface area contributed by atoms with E-state index in [0.29, 0.717) is 10.8 Å². The molecule has 140 valence electrons. The highest BCUT2D eigenvalue weighted by molar-refractivity contribution is 5.04. The van der Waals surface area contributed by atoms with E-state index in [4.69, 9.17) is 0 Å². The van der Waals surface area contributed by atoms with Crippen LogP contribution in [0.4, 0.5) is 0 Å². The second kappa shape index (κ2) is 7.71. The Bertz CT molecular complexity index is 357.